The first-order chi connectivity index (χ1) is 13.7. The number of nitrogens with zero attached hydrogens (tertiary/aromatic N) is 3. The van der Waals surface area contributed by atoms with E-state index < -0.39 is 7.12 Å². The molecule has 3 aromatic rings. The van der Waals surface area contributed by atoms with Crippen molar-refractivity contribution in [3.05, 3.63) is 71.3 Å². The summed E-state index contributed by atoms with van der Waals surface area (Å²) in [7, 11) is -0.418. The standard InChI is InChI=1S/C23H28BN3O2/c1-16-21(24-28-22(3,4)23(5,6)29-24)17(2)27(26-16)20-13-12-19(25-15-20)14-18-10-8-7-9-11-18/h7-13,15H,14H2,1-6H3. The molecule has 1 aromatic carbocycles. The lowest BCUT2D eigenvalue weighted by atomic mass is 9.77. The summed E-state index contributed by atoms with van der Waals surface area (Å²) in [6.07, 6.45) is 2.70. The van der Waals surface area contributed by atoms with Crippen LogP contribution in [0.3, 0.4) is 0 Å². The Morgan fingerprint density at radius 1 is 0.931 bits per heavy atom. The lowest BCUT2D eigenvalue weighted by molar-refractivity contribution is 0.00578. The Kier molecular flexibility index (Phi) is 4.87. The molecule has 0 unspecified atom stereocenters. The maximum absolute atomic E-state index is 6.26. The number of hydrogen-bond donors (Lipinski definition) is 0. The second-order valence-corrected chi connectivity index (χ2v) is 8.75. The fourth-order valence-electron chi connectivity index (χ4n) is 3.66. The Morgan fingerprint density at radius 2 is 1.59 bits per heavy atom. The normalized spacial score (nSPS) is 17.7. The molecule has 0 bridgehead atoms. The van der Waals surface area contributed by atoms with Gasteiger partial charge in [0.15, 0.2) is 0 Å². The fraction of sp³-hybridized carbons (Fsp3) is 0.391. The summed E-state index contributed by atoms with van der Waals surface area (Å²) < 4.78 is 14.4. The van der Waals surface area contributed by atoms with Crippen molar-refractivity contribution < 1.29 is 9.31 Å². The van der Waals surface area contributed by atoms with Crippen LogP contribution in [0.25, 0.3) is 5.69 Å². The minimum Gasteiger partial charge on any atom is -0.399 e. The molecule has 6 heteroatoms. The molecule has 2 aromatic heterocycles. The average Bonchev–Trinajstić information content (AvgIpc) is 3.07. The maximum atomic E-state index is 6.26. The number of pyridine rings is 1. The van der Waals surface area contributed by atoms with Crippen LogP contribution < -0.4 is 5.46 Å². The van der Waals surface area contributed by atoms with Crippen molar-refractivity contribution in [3.8, 4) is 5.69 Å². The van der Waals surface area contributed by atoms with Crippen LogP contribution in [0, 0.1) is 13.8 Å². The topological polar surface area (TPSA) is 49.2 Å². The van der Waals surface area contributed by atoms with Gasteiger partial charge in [-0.2, -0.15) is 5.10 Å². The summed E-state index contributed by atoms with van der Waals surface area (Å²) in [5, 5.41) is 4.75. The van der Waals surface area contributed by atoms with Crippen LogP contribution in [-0.2, 0) is 15.7 Å². The Labute approximate surface area is 173 Å². The molecule has 150 valence electrons. The average molecular weight is 389 g/mol. The van der Waals surface area contributed by atoms with Gasteiger partial charge >= 0.3 is 7.12 Å². The van der Waals surface area contributed by atoms with E-state index in [-0.39, 0.29) is 11.2 Å². The SMILES string of the molecule is Cc1nn(-c2ccc(Cc3ccccc3)nc2)c(C)c1B1OC(C)(C)C(C)(C)O1. The van der Waals surface area contributed by atoms with Crippen molar-refractivity contribution in [3.63, 3.8) is 0 Å². The van der Waals surface area contributed by atoms with Gasteiger partial charge in [0.25, 0.3) is 0 Å². The van der Waals surface area contributed by atoms with Gasteiger partial charge in [0, 0.05) is 23.3 Å². The monoisotopic (exact) mass is 389 g/mol. The van der Waals surface area contributed by atoms with E-state index in [2.05, 4.69) is 76.0 Å². The lowest BCUT2D eigenvalue weighted by Gasteiger charge is -2.32. The van der Waals surface area contributed by atoms with Gasteiger partial charge in [0.2, 0.25) is 0 Å². The van der Waals surface area contributed by atoms with E-state index in [1.165, 1.54) is 5.56 Å². The number of aromatic nitrogens is 3. The van der Waals surface area contributed by atoms with E-state index in [9.17, 15) is 0 Å². The first-order valence-electron chi connectivity index (χ1n) is 10.1. The van der Waals surface area contributed by atoms with Crippen molar-refractivity contribution in [1.29, 1.82) is 0 Å². The first-order valence-corrected chi connectivity index (χ1v) is 10.1. The minimum atomic E-state index is -0.418. The molecule has 1 aliphatic heterocycles. The number of hydrogen-bond acceptors (Lipinski definition) is 4. The largest absolute Gasteiger partial charge is 0.498 e. The van der Waals surface area contributed by atoms with Crippen LogP contribution in [0.1, 0.15) is 50.3 Å². The van der Waals surface area contributed by atoms with Crippen molar-refractivity contribution in [2.45, 2.75) is 59.2 Å². The quantitative estimate of drug-likeness (QED) is 0.638. The summed E-state index contributed by atoms with van der Waals surface area (Å²) in [6, 6.07) is 14.5. The van der Waals surface area contributed by atoms with Crippen LogP contribution in [0.5, 0.6) is 0 Å². The van der Waals surface area contributed by atoms with Gasteiger partial charge in [-0.05, 0) is 59.2 Å². The zero-order valence-corrected chi connectivity index (χ0v) is 18.1. The molecule has 0 spiro atoms. The maximum Gasteiger partial charge on any atom is 0.498 e. The molecule has 4 rings (SSSR count). The van der Waals surface area contributed by atoms with Gasteiger partial charge in [-0.1, -0.05) is 30.3 Å². The van der Waals surface area contributed by atoms with Gasteiger partial charge in [-0.25, -0.2) is 4.68 Å². The lowest BCUT2D eigenvalue weighted by Crippen LogP contribution is -2.41. The van der Waals surface area contributed by atoms with E-state index in [1.807, 2.05) is 23.9 Å². The summed E-state index contributed by atoms with van der Waals surface area (Å²) in [5.41, 5.74) is 5.39. The third kappa shape index (κ3) is 3.63. The molecule has 0 N–H and O–H groups in total. The van der Waals surface area contributed by atoms with Gasteiger partial charge in [0.1, 0.15) is 0 Å². The highest BCUT2D eigenvalue weighted by Crippen LogP contribution is 2.37. The van der Waals surface area contributed by atoms with E-state index in [0.29, 0.717) is 0 Å². The van der Waals surface area contributed by atoms with Crippen LogP contribution in [0.4, 0.5) is 0 Å². The summed E-state index contributed by atoms with van der Waals surface area (Å²) >= 11 is 0. The number of aryl methyl sites for hydroxylation is 1. The molecular formula is C23H28BN3O2. The van der Waals surface area contributed by atoms with E-state index >= 15 is 0 Å². The third-order valence-corrected chi connectivity index (χ3v) is 6.12. The molecule has 0 amide bonds. The van der Waals surface area contributed by atoms with Crippen molar-refractivity contribution in [2.24, 2.45) is 0 Å². The van der Waals surface area contributed by atoms with Gasteiger partial charge in [0.05, 0.1) is 28.8 Å². The van der Waals surface area contributed by atoms with Crippen molar-refractivity contribution in [2.75, 3.05) is 0 Å². The van der Waals surface area contributed by atoms with E-state index in [0.717, 1.165) is 34.7 Å². The smallest absolute Gasteiger partial charge is 0.399 e. The van der Waals surface area contributed by atoms with Crippen LogP contribution in [0.2, 0.25) is 0 Å². The molecule has 1 fully saturated rings. The molecule has 29 heavy (non-hydrogen) atoms. The highest BCUT2D eigenvalue weighted by atomic mass is 16.7. The Balaban J connectivity index is 1.60. The molecule has 3 heterocycles. The zero-order valence-electron chi connectivity index (χ0n) is 18.1. The highest BCUT2D eigenvalue weighted by molar-refractivity contribution is 6.63. The summed E-state index contributed by atoms with van der Waals surface area (Å²) in [5.74, 6) is 0. The summed E-state index contributed by atoms with van der Waals surface area (Å²) in [4.78, 5) is 4.65. The fourth-order valence-corrected chi connectivity index (χ4v) is 3.66. The third-order valence-electron chi connectivity index (χ3n) is 6.12. The Morgan fingerprint density at radius 3 is 2.17 bits per heavy atom. The Bertz CT molecular complexity index is 995. The van der Waals surface area contributed by atoms with E-state index in [4.69, 9.17) is 14.4 Å². The molecule has 5 nitrogen and oxygen atoms in total. The highest BCUT2D eigenvalue weighted by Gasteiger charge is 2.53. The van der Waals surface area contributed by atoms with Crippen LogP contribution in [-0.4, -0.2) is 33.1 Å². The molecule has 1 aliphatic rings. The van der Waals surface area contributed by atoms with Gasteiger partial charge < -0.3 is 9.31 Å². The van der Waals surface area contributed by atoms with Crippen LogP contribution in [0.15, 0.2) is 48.7 Å². The molecule has 0 radical (unpaired) electrons. The van der Waals surface area contributed by atoms with E-state index in [1.54, 1.807) is 0 Å². The Hall–Kier alpha value is -2.44. The first kappa shape index (κ1) is 19.9. The molecule has 0 saturated carbocycles. The molecule has 1 saturated heterocycles. The predicted octanol–water partition coefficient (Wildman–Crippen LogP) is 3.77. The predicted molar refractivity (Wildman–Crippen MR) is 116 cm³/mol. The second kappa shape index (κ2) is 7.11. The minimum absolute atomic E-state index is 0.376. The molecule has 0 atom stereocenters. The van der Waals surface area contributed by atoms with Crippen molar-refractivity contribution in [1.82, 2.24) is 14.8 Å². The zero-order chi connectivity index (χ0) is 20.8. The molecular weight excluding hydrogens is 361 g/mol. The second-order valence-electron chi connectivity index (χ2n) is 8.75. The number of benzene rings is 1. The van der Waals surface area contributed by atoms with Gasteiger partial charge in [-0.3, -0.25) is 4.98 Å². The molecule has 0 aliphatic carbocycles. The van der Waals surface area contributed by atoms with Crippen molar-refractivity contribution >= 4 is 12.6 Å². The summed E-state index contributed by atoms with van der Waals surface area (Å²) in [6.45, 7) is 12.3. The number of rotatable bonds is 4. The van der Waals surface area contributed by atoms with Crippen LogP contribution >= 0.6 is 0 Å². The van der Waals surface area contributed by atoms with Gasteiger partial charge in [-0.15, -0.1) is 0 Å².